The van der Waals surface area contributed by atoms with Gasteiger partial charge in [-0.05, 0) is 203 Å². The van der Waals surface area contributed by atoms with Gasteiger partial charge in [-0.25, -0.2) is 0 Å². The third-order valence-electron chi connectivity index (χ3n) is 21.6. The first kappa shape index (κ1) is 50.7. The molecule has 2 spiro atoms. The number of hydrogen-bond donors (Lipinski definition) is 0. The van der Waals surface area contributed by atoms with E-state index >= 15 is 0 Å². The quantitative estimate of drug-likeness (QED) is 0.161. The summed E-state index contributed by atoms with van der Waals surface area (Å²) in [6.07, 6.45) is 0. The molecule has 4 aliphatic carbocycles. The van der Waals surface area contributed by atoms with E-state index in [1.807, 2.05) is 0 Å². The van der Waals surface area contributed by atoms with E-state index in [1.165, 1.54) is 155 Å². The largest absolute Gasteiger partial charge is 0.310 e. The lowest BCUT2D eigenvalue weighted by Gasteiger charge is -2.40. The summed E-state index contributed by atoms with van der Waals surface area (Å²) in [6.45, 7) is 4.50. The molecule has 0 fully saturated rings. The van der Waals surface area contributed by atoms with Crippen molar-refractivity contribution in [3.05, 3.63) is 393 Å². The number of aromatic nitrogens is 1. The molecule has 5 aliphatic rings. The fraction of sp³-hybridized carbons (Fsp3) is 0.0562. The van der Waals surface area contributed by atoms with Crippen LogP contribution in [-0.2, 0) is 16.2 Å². The molecule has 0 bridgehead atoms. The molecule has 20 rings (SSSR count). The second-order valence-corrected chi connectivity index (χ2v) is 25.9. The molecule has 0 unspecified atom stereocenters. The van der Waals surface area contributed by atoms with E-state index in [-0.39, 0.29) is 0 Å². The van der Waals surface area contributed by atoms with Gasteiger partial charge in [0.15, 0.2) is 0 Å². The number of anilines is 3. The summed E-state index contributed by atoms with van der Waals surface area (Å²) in [5.41, 5.74) is 36.2. The third kappa shape index (κ3) is 6.41. The second-order valence-electron chi connectivity index (χ2n) is 25.9. The van der Waals surface area contributed by atoms with Crippen LogP contribution in [0.15, 0.2) is 315 Å². The highest BCUT2D eigenvalue weighted by molar-refractivity contribution is 6.13. The first-order valence-corrected chi connectivity index (χ1v) is 32.1. The summed E-state index contributed by atoms with van der Waals surface area (Å²) in [5.74, 6) is 0. The van der Waals surface area contributed by atoms with Gasteiger partial charge >= 0.3 is 0 Å². The van der Waals surface area contributed by atoms with Gasteiger partial charge in [-0.3, -0.25) is 0 Å². The molecule has 2 heterocycles. The van der Waals surface area contributed by atoms with Crippen LogP contribution < -0.4 is 4.90 Å². The number of rotatable bonds is 6. The Bertz CT molecular complexity index is 5370. The molecule has 0 amide bonds. The molecule has 2 heteroatoms. The topological polar surface area (TPSA) is 8.17 Å². The Balaban J connectivity index is 0.817. The SMILES string of the molecule is Cc1ccc2c(c1)c1cc(C)cc3c1n2-c1ccc(-c2ccc(N(c4ccc5c(c4)C(c4ccccc4)(c4ccccc4)c4ccccc4-5)c4ccc5c(c4)C4(c6ccccc6-c6ccccc64)c4ccccc4-5)cc2)cc1C31c2ccccc2-c2ccccc21. The van der Waals surface area contributed by atoms with Crippen molar-refractivity contribution in [2.24, 2.45) is 0 Å². The Labute approximate surface area is 529 Å². The smallest absolute Gasteiger partial charge is 0.0754 e. The van der Waals surface area contributed by atoms with Crippen molar-refractivity contribution >= 4 is 38.9 Å². The molecule has 0 saturated heterocycles. The molecular weight excluding hydrogens is 1100 g/mol. The van der Waals surface area contributed by atoms with E-state index in [0.717, 1.165) is 22.6 Å². The summed E-state index contributed by atoms with van der Waals surface area (Å²) in [6, 6.07) is 121. The van der Waals surface area contributed by atoms with Crippen molar-refractivity contribution in [3.8, 4) is 61.3 Å². The molecule has 424 valence electrons. The molecule has 0 N–H and O–H groups in total. The number of benzene rings is 14. The standard InChI is InChI=1S/C89H58N2/c1-55-37-47-84-72(49-55)73-50-56(2)51-83-86(73)91(84)85-48-40-58(52-82(85)89(83)78-35-19-12-27-66(78)67-28-13-20-36-79(67)89)57-38-41-61(42-39-57)90(62-43-45-70-68-29-9-15-31-74(68)87(80(70)53-62,59-21-5-3-6-22-59)60-23-7-4-8-24-60)63-44-46-71-69-30-14-18-34-77(69)88(81(71)54-63)75-32-16-10-25-64(75)65-26-11-17-33-76(65)88/h3-54H,1-2H3. The van der Waals surface area contributed by atoms with Crippen molar-refractivity contribution in [2.45, 2.75) is 30.1 Å². The van der Waals surface area contributed by atoms with Gasteiger partial charge in [0.1, 0.15) is 0 Å². The maximum atomic E-state index is 2.58. The molecule has 2 nitrogen and oxygen atoms in total. The molecule has 0 radical (unpaired) electrons. The number of nitrogens with zero attached hydrogens (tertiary/aromatic N) is 2. The Kier molecular flexibility index (Phi) is 10.2. The Morgan fingerprint density at radius 1 is 0.253 bits per heavy atom. The van der Waals surface area contributed by atoms with E-state index < -0.39 is 16.2 Å². The zero-order chi connectivity index (χ0) is 59.9. The third-order valence-corrected chi connectivity index (χ3v) is 21.6. The maximum absolute atomic E-state index is 2.58. The van der Waals surface area contributed by atoms with Gasteiger partial charge in [0.25, 0.3) is 0 Å². The van der Waals surface area contributed by atoms with Crippen LogP contribution in [-0.4, -0.2) is 4.57 Å². The Hall–Kier alpha value is -11.3. The highest BCUT2D eigenvalue weighted by Gasteiger charge is 2.54. The van der Waals surface area contributed by atoms with Crippen LogP contribution in [0.3, 0.4) is 0 Å². The van der Waals surface area contributed by atoms with Crippen LogP contribution in [0, 0.1) is 13.8 Å². The zero-order valence-corrected chi connectivity index (χ0v) is 50.4. The van der Waals surface area contributed by atoms with Crippen LogP contribution >= 0.6 is 0 Å². The monoisotopic (exact) mass is 1150 g/mol. The molecular formula is C89H58N2. The number of fused-ring (bicyclic) bond motifs is 25. The Morgan fingerprint density at radius 3 is 1.14 bits per heavy atom. The van der Waals surface area contributed by atoms with Crippen molar-refractivity contribution < 1.29 is 0 Å². The molecule has 14 aromatic carbocycles. The summed E-state index contributed by atoms with van der Waals surface area (Å²) in [4.78, 5) is 2.54. The second kappa shape index (κ2) is 18.4. The van der Waals surface area contributed by atoms with E-state index in [4.69, 9.17) is 0 Å². The van der Waals surface area contributed by atoms with Gasteiger partial charge in [0.05, 0.1) is 33.0 Å². The van der Waals surface area contributed by atoms with Crippen LogP contribution in [0.4, 0.5) is 17.1 Å². The lowest BCUT2D eigenvalue weighted by molar-refractivity contribution is 0.748. The van der Waals surface area contributed by atoms with Gasteiger partial charge in [0.2, 0.25) is 0 Å². The van der Waals surface area contributed by atoms with Gasteiger partial charge < -0.3 is 9.47 Å². The van der Waals surface area contributed by atoms with E-state index in [0.29, 0.717) is 0 Å². The Morgan fingerprint density at radius 2 is 0.648 bits per heavy atom. The van der Waals surface area contributed by atoms with Crippen LogP contribution in [0.1, 0.15) is 77.9 Å². The summed E-state index contributed by atoms with van der Waals surface area (Å²) in [7, 11) is 0. The fourth-order valence-electron chi connectivity index (χ4n) is 18.2. The summed E-state index contributed by atoms with van der Waals surface area (Å²) >= 11 is 0. The molecule has 15 aromatic rings. The normalized spacial score (nSPS) is 14.5. The predicted molar refractivity (Wildman–Crippen MR) is 375 cm³/mol. The van der Waals surface area contributed by atoms with E-state index in [2.05, 4.69) is 339 Å². The summed E-state index contributed by atoms with van der Waals surface area (Å²) < 4.78 is 2.58. The van der Waals surface area contributed by atoms with Crippen molar-refractivity contribution in [1.82, 2.24) is 4.57 Å². The van der Waals surface area contributed by atoms with E-state index in [1.54, 1.807) is 0 Å². The lowest BCUT2D eigenvalue weighted by atomic mass is 9.65. The first-order chi connectivity index (χ1) is 44.9. The zero-order valence-electron chi connectivity index (χ0n) is 50.4. The molecule has 1 aromatic heterocycles. The molecule has 0 saturated carbocycles. The minimum absolute atomic E-state index is 0.513. The van der Waals surface area contributed by atoms with E-state index in [9.17, 15) is 0 Å². The minimum atomic E-state index is -0.581. The highest BCUT2D eigenvalue weighted by atomic mass is 15.1. The fourth-order valence-corrected chi connectivity index (χ4v) is 18.2. The number of hydrogen-bond acceptors (Lipinski definition) is 1. The highest BCUT2D eigenvalue weighted by Crippen LogP contribution is 2.65. The lowest BCUT2D eigenvalue weighted by Crippen LogP contribution is -2.33. The maximum Gasteiger partial charge on any atom is 0.0754 e. The molecule has 1 aliphatic heterocycles. The predicted octanol–water partition coefficient (Wildman–Crippen LogP) is 21.9. The van der Waals surface area contributed by atoms with Crippen LogP contribution in [0.2, 0.25) is 0 Å². The van der Waals surface area contributed by atoms with Gasteiger partial charge in [0, 0.05) is 27.8 Å². The summed E-state index contributed by atoms with van der Waals surface area (Å²) in [5, 5.41) is 2.61. The molecule has 91 heavy (non-hydrogen) atoms. The average molecular weight is 1160 g/mol. The minimum Gasteiger partial charge on any atom is -0.310 e. The average Bonchev–Trinajstić information content (AvgIpc) is 1.54. The van der Waals surface area contributed by atoms with Gasteiger partial charge in [-0.2, -0.15) is 0 Å². The van der Waals surface area contributed by atoms with Gasteiger partial charge in [-0.1, -0.05) is 260 Å². The molecule has 0 atom stereocenters. The van der Waals surface area contributed by atoms with Crippen molar-refractivity contribution in [1.29, 1.82) is 0 Å². The van der Waals surface area contributed by atoms with Crippen LogP contribution in [0.5, 0.6) is 0 Å². The first-order valence-electron chi connectivity index (χ1n) is 32.1. The number of aryl methyl sites for hydroxylation is 2. The van der Waals surface area contributed by atoms with Crippen molar-refractivity contribution in [3.63, 3.8) is 0 Å². The van der Waals surface area contributed by atoms with Gasteiger partial charge in [-0.15, -0.1) is 0 Å². The van der Waals surface area contributed by atoms with Crippen LogP contribution in [0.25, 0.3) is 83.1 Å². The van der Waals surface area contributed by atoms with Crippen molar-refractivity contribution in [2.75, 3.05) is 4.90 Å².